The number of rotatable bonds is 4. The Bertz CT molecular complexity index is 447. The first kappa shape index (κ1) is 15.7. The van der Waals surface area contributed by atoms with Crippen LogP contribution in [0.2, 0.25) is 5.02 Å². The van der Waals surface area contributed by atoms with E-state index in [9.17, 15) is 0 Å². The van der Waals surface area contributed by atoms with Crippen LogP contribution in [0.15, 0.2) is 18.2 Å². The predicted octanol–water partition coefficient (Wildman–Crippen LogP) is 4.24. The van der Waals surface area contributed by atoms with Crippen LogP contribution in [0.1, 0.15) is 45.6 Å². The van der Waals surface area contributed by atoms with Crippen LogP contribution in [-0.2, 0) is 6.42 Å². The highest BCUT2D eigenvalue weighted by Crippen LogP contribution is 2.33. The van der Waals surface area contributed by atoms with Gasteiger partial charge in [-0.15, -0.1) is 0 Å². The lowest BCUT2D eigenvalue weighted by Crippen LogP contribution is -2.43. The molecule has 0 radical (unpaired) electrons. The molecule has 1 aliphatic heterocycles. The first-order valence-corrected chi connectivity index (χ1v) is 8.21. The van der Waals surface area contributed by atoms with Crippen LogP contribution in [0.3, 0.4) is 0 Å². The number of hydrogen-bond acceptors (Lipinski definition) is 2. The van der Waals surface area contributed by atoms with E-state index >= 15 is 0 Å². The highest BCUT2D eigenvalue weighted by molar-refractivity contribution is 6.30. The summed E-state index contributed by atoms with van der Waals surface area (Å²) in [6.07, 6.45) is 4.52. The second kappa shape index (κ2) is 6.82. The van der Waals surface area contributed by atoms with Crippen molar-refractivity contribution in [2.45, 2.75) is 58.5 Å². The standard InChI is InChI=1S/C17H27ClN2/c1-4-16(19)10-14-7-8-15(18)11-17(14)20-9-5-6-12(2)13(20)3/h7-8,11-13,16H,4-6,9-10,19H2,1-3H3. The van der Waals surface area contributed by atoms with Crippen molar-refractivity contribution in [1.29, 1.82) is 0 Å². The van der Waals surface area contributed by atoms with Crippen molar-refractivity contribution in [3.8, 4) is 0 Å². The summed E-state index contributed by atoms with van der Waals surface area (Å²) in [5.41, 5.74) is 8.78. The third-order valence-electron chi connectivity index (χ3n) is 4.74. The minimum absolute atomic E-state index is 0.229. The first-order chi connectivity index (χ1) is 9.52. The number of piperidine rings is 1. The maximum Gasteiger partial charge on any atom is 0.0426 e. The zero-order chi connectivity index (χ0) is 14.7. The zero-order valence-corrected chi connectivity index (χ0v) is 13.7. The van der Waals surface area contributed by atoms with Gasteiger partial charge in [0.25, 0.3) is 0 Å². The summed E-state index contributed by atoms with van der Waals surface area (Å²) >= 11 is 6.23. The minimum Gasteiger partial charge on any atom is -0.368 e. The van der Waals surface area contributed by atoms with Crippen molar-refractivity contribution in [3.63, 3.8) is 0 Å². The first-order valence-electron chi connectivity index (χ1n) is 7.83. The molecule has 1 aromatic carbocycles. The third kappa shape index (κ3) is 3.48. The van der Waals surface area contributed by atoms with E-state index in [0.717, 1.165) is 30.3 Å². The van der Waals surface area contributed by atoms with Gasteiger partial charge in [0.2, 0.25) is 0 Å². The number of benzene rings is 1. The SMILES string of the molecule is CCC(N)Cc1ccc(Cl)cc1N1CCCC(C)C1C. The smallest absolute Gasteiger partial charge is 0.0426 e. The molecule has 0 saturated carbocycles. The molecule has 2 N–H and O–H groups in total. The lowest BCUT2D eigenvalue weighted by Gasteiger charge is -2.41. The summed E-state index contributed by atoms with van der Waals surface area (Å²) in [4.78, 5) is 2.53. The molecule has 0 bridgehead atoms. The normalized spacial score (nSPS) is 24.8. The highest BCUT2D eigenvalue weighted by Gasteiger charge is 2.26. The summed E-state index contributed by atoms with van der Waals surface area (Å²) in [7, 11) is 0. The second-order valence-corrected chi connectivity index (χ2v) is 6.64. The van der Waals surface area contributed by atoms with Gasteiger partial charge in [0.1, 0.15) is 0 Å². The third-order valence-corrected chi connectivity index (χ3v) is 4.97. The number of hydrogen-bond donors (Lipinski definition) is 1. The average molecular weight is 295 g/mol. The molecule has 0 aliphatic carbocycles. The van der Waals surface area contributed by atoms with Crippen LogP contribution in [-0.4, -0.2) is 18.6 Å². The monoisotopic (exact) mass is 294 g/mol. The van der Waals surface area contributed by atoms with Crippen LogP contribution >= 0.6 is 11.6 Å². The largest absolute Gasteiger partial charge is 0.368 e. The molecule has 1 fully saturated rings. The van der Waals surface area contributed by atoms with E-state index in [0.29, 0.717) is 6.04 Å². The van der Waals surface area contributed by atoms with Gasteiger partial charge in [-0.3, -0.25) is 0 Å². The Morgan fingerprint density at radius 2 is 2.15 bits per heavy atom. The highest BCUT2D eigenvalue weighted by atomic mass is 35.5. The summed E-state index contributed by atoms with van der Waals surface area (Å²) < 4.78 is 0. The van der Waals surface area contributed by atoms with Gasteiger partial charge >= 0.3 is 0 Å². The molecule has 3 unspecified atom stereocenters. The van der Waals surface area contributed by atoms with Crippen molar-refractivity contribution in [3.05, 3.63) is 28.8 Å². The van der Waals surface area contributed by atoms with E-state index < -0.39 is 0 Å². The Balaban J connectivity index is 2.30. The lowest BCUT2D eigenvalue weighted by molar-refractivity contribution is 0.363. The summed E-state index contributed by atoms with van der Waals surface area (Å²) in [5, 5.41) is 0.819. The topological polar surface area (TPSA) is 29.3 Å². The Morgan fingerprint density at radius 3 is 2.85 bits per heavy atom. The number of nitrogens with zero attached hydrogens (tertiary/aromatic N) is 1. The molecule has 112 valence electrons. The Hall–Kier alpha value is -0.730. The molecule has 1 heterocycles. The summed E-state index contributed by atoms with van der Waals surface area (Å²) in [6.45, 7) is 7.94. The average Bonchev–Trinajstić information content (AvgIpc) is 2.44. The van der Waals surface area contributed by atoms with Gasteiger partial charge in [-0.25, -0.2) is 0 Å². The van der Waals surface area contributed by atoms with Gasteiger partial charge in [0, 0.05) is 29.3 Å². The van der Waals surface area contributed by atoms with Crippen molar-refractivity contribution >= 4 is 17.3 Å². The quantitative estimate of drug-likeness (QED) is 0.900. The van der Waals surface area contributed by atoms with E-state index in [1.165, 1.54) is 24.1 Å². The van der Waals surface area contributed by atoms with Gasteiger partial charge in [-0.1, -0.05) is 31.5 Å². The fourth-order valence-electron chi connectivity index (χ4n) is 3.08. The Morgan fingerprint density at radius 1 is 1.40 bits per heavy atom. The molecule has 0 amide bonds. The zero-order valence-electron chi connectivity index (χ0n) is 12.9. The molecule has 1 saturated heterocycles. The fraction of sp³-hybridized carbons (Fsp3) is 0.647. The van der Waals surface area contributed by atoms with Gasteiger partial charge < -0.3 is 10.6 Å². The molecule has 3 atom stereocenters. The Labute approximate surface area is 128 Å². The van der Waals surface area contributed by atoms with Crippen LogP contribution in [0.25, 0.3) is 0 Å². The minimum atomic E-state index is 0.229. The van der Waals surface area contributed by atoms with E-state index in [1.54, 1.807) is 0 Å². The van der Waals surface area contributed by atoms with E-state index in [-0.39, 0.29) is 6.04 Å². The van der Waals surface area contributed by atoms with Crippen molar-refractivity contribution in [2.75, 3.05) is 11.4 Å². The van der Waals surface area contributed by atoms with Crippen LogP contribution in [0.5, 0.6) is 0 Å². The molecule has 3 heteroatoms. The van der Waals surface area contributed by atoms with Crippen LogP contribution in [0, 0.1) is 5.92 Å². The molecule has 20 heavy (non-hydrogen) atoms. The van der Waals surface area contributed by atoms with Crippen molar-refractivity contribution in [2.24, 2.45) is 11.7 Å². The van der Waals surface area contributed by atoms with Gasteiger partial charge in [0.15, 0.2) is 0 Å². The molecule has 1 aliphatic rings. The van der Waals surface area contributed by atoms with Gasteiger partial charge in [-0.05, 0) is 56.2 Å². The molecule has 0 spiro atoms. The maximum atomic E-state index is 6.23. The molecule has 0 aromatic heterocycles. The lowest BCUT2D eigenvalue weighted by atomic mass is 9.90. The van der Waals surface area contributed by atoms with Crippen molar-refractivity contribution in [1.82, 2.24) is 0 Å². The molecular formula is C17H27ClN2. The van der Waals surface area contributed by atoms with Crippen molar-refractivity contribution < 1.29 is 0 Å². The maximum absolute atomic E-state index is 6.23. The summed E-state index contributed by atoms with van der Waals surface area (Å²) in [5.74, 6) is 0.732. The van der Waals surface area contributed by atoms with Gasteiger partial charge in [0.05, 0.1) is 0 Å². The second-order valence-electron chi connectivity index (χ2n) is 6.20. The predicted molar refractivity (Wildman–Crippen MR) is 88.6 cm³/mol. The number of anilines is 1. The Kier molecular flexibility index (Phi) is 5.34. The molecular weight excluding hydrogens is 268 g/mol. The van der Waals surface area contributed by atoms with E-state index in [2.05, 4.69) is 37.8 Å². The van der Waals surface area contributed by atoms with E-state index in [4.69, 9.17) is 17.3 Å². The molecule has 1 aromatic rings. The molecule has 2 rings (SSSR count). The fourth-order valence-corrected chi connectivity index (χ4v) is 3.25. The van der Waals surface area contributed by atoms with Crippen LogP contribution in [0.4, 0.5) is 5.69 Å². The summed E-state index contributed by atoms with van der Waals surface area (Å²) in [6, 6.07) is 7.06. The van der Waals surface area contributed by atoms with Gasteiger partial charge in [-0.2, -0.15) is 0 Å². The van der Waals surface area contributed by atoms with Crippen LogP contribution < -0.4 is 10.6 Å². The van der Waals surface area contributed by atoms with E-state index in [1.807, 2.05) is 6.07 Å². The molecule has 2 nitrogen and oxygen atoms in total. The number of halogens is 1. The number of nitrogens with two attached hydrogens (primary N) is 1.